The third-order valence-electron chi connectivity index (χ3n) is 7.10. The van der Waals surface area contributed by atoms with Gasteiger partial charge in [-0.1, -0.05) is 43.4 Å². The van der Waals surface area contributed by atoms with Gasteiger partial charge in [-0.3, -0.25) is 14.5 Å². The first-order chi connectivity index (χ1) is 18.6. The number of aromatic nitrogens is 6. The van der Waals surface area contributed by atoms with Crippen LogP contribution < -0.4 is 5.76 Å². The van der Waals surface area contributed by atoms with Gasteiger partial charge in [0.25, 0.3) is 0 Å². The van der Waals surface area contributed by atoms with Gasteiger partial charge >= 0.3 is 11.9 Å². The van der Waals surface area contributed by atoms with E-state index in [-0.39, 0.29) is 17.9 Å². The van der Waals surface area contributed by atoms with Crippen molar-refractivity contribution in [3.05, 3.63) is 45.9 Å². The Morgan fingerprint density at radius 3 is 2.62 bits per heavy atom. The second-order valence-corrected chi connectivity index (χ2v) is 10.5. The number of hydrogen-bond donors (Lipinski definition) is 1. The summed E-state index contributed by atoms with van der Waals surface area (Å²) in [5.74, 6) is 0.687. The molecule has 4 heterocycles. The van der Waals surface area contributed by atoms with Crippen LogP contribution in [0, 0.1) is 11.8 Å². The second kappa shape index (κ2) is 11.1. The molecule has 1 atom stereocenters. The van der Waals surface area contributed by atoms with E-state index < -0.39 is 24.6 Å². The SMILES string of the molecule is CCC(OCC(F)(F)F)c1nc2cc(-c3noc(=O)[nH]3)nc(-c3cncc(Cl)c3)c2n1C[C@H]1CC[C@H](C)CC1. The molecule has 0 bridgehead atoms. The first-order valence-electron chi connectivity index (χ1n) is 12.9. The third-order valence-corrected chi connectivity index (χ3v) is 7.31. The van der Waals surface area contributed by atoms with Gasteiger partial charge < -0.3 is 9.30 Å². The van der Waals surface area contributed by atoms with E-state index in [1.54, 1.807) is 25.3 Å². The fourth-order valence-corrected chi connectivity index (χ4v) is 5.32. The summed E-state index contributed by atoms with van der Waals surface area (Å²) in [5.41, 5.74) is 2.39. The molecule has 0 aromatic carbocycles. The number of alkyl halides is 3. The molecule has 13 heteroatoms. The van der Waals surface area contributed by atoms with Crippen molar-refractivity contribution < 1.29 is 22.4 Å². The van der Waals surface area contributed by atoms with E-state index in [2.05, 4.69) is 26.6 Å². The van der Waals surface area contributed by atoms with Crippen LogP contribution >= 0.6 is 11.6 Å². The summed E-state index contributed by atoms with van der Waals surface area (Å²) < 4.78 is 51.3. The van der Waals surface area contributed by atoms with Crippen LogP contribution in [0.2, 0.25) is 5.02 Å². The third kappa shape index (κ3) is 6.17. The molecule has 1 fully saturated rings. The molecule has 5 rings (SSSR count). The Morgan fingerprint density at radius 2 is 1.97 bits per heavy atom. The fourth-order valence-electron chi connectivity index (χ4n) is 5.15. The van der Waals surface area contributed by atoms with Gasteiger partial charge in [0.15, 0.2) is 0 Å². The zero-order valence-electron chi connectivity index (χ0n) is 21.5. The molecule has 4 aromatic heterocycles. The van der Waals surface area contributed by atoms with Gasteiger partial charge in [-0.25, -0.2) is 14.8 Å². The van der Waals surface area contributed by atoms with Gasteiger partial charge in [-0.05, 0) is 43.2 Å². The lowest BCUT2D eigenvalue weighted by Crippen LogP contribution is -2.23. The van der Waals surface area contributed by atoms with E-state index in [9.17, 15) is 18.0 Å². The van der Waals surface area contributed by atoms with Gasteiger partial charge in [0.05, 0.1) is 21.7 Å². The molecular formula is C26H28ClF3N6O3. The van der Waals surface area contributed by atoms with Crippen LogP contribution in [0.5, 0.6) is 0 Å². The lowest BCUT2D eigenvalue weighted by Gasteiger charge is -2.28. The summed E-state index contributed by atoms with van der Waals surface area (Å²) in [4.78, 5) is 27.9. The highest BCUT2D eigenvalue weighted by molar-refractivity contribution is 6.30. The highest BCUT2D eigenvalue weighted by atomic mass is 35.5. The van der Waals surface area contributed by atoms with Gasteiger partial charge in [0, 0.05) is 24.5 Å². The Morgan fingerprint density at radius 1 is 1.21 bits per heavy atom. The number of fused-ring (bicyclic) bond motifs is 1. The highest BCUT2D eigenvalue weighted by Gasteiger charge is 2.32. The van der Waals surface area contributed by atoms with E-state index in [1.165, 1.54) is 6.20 Å². The minimum Gasteiger partial charge on any atom is -0.361 e. The summed E-state index contributed by atoms with van der Waals surface area (Å²) in [6.07, 6.45) is 2.16. The Labute approximate surface area is 226 Å². The summed E-state index contributed by atoms with van der Waals surface area (Å²) in [7, 11) is 0. The molecule has 0 radical (unpaired) electrons. The molecule has 0 saturated heterocycles. The molecule has 0 spiro atoms. The molecule has 0 amide bonds. The molecule has 4 aromatic rings. The van der Waals surface area contributed by atoms with Gasteiger partial charge in [0.2, 0.25) is 5.82 Å². The molecule has 1 saturated carbocycles. The zero-order chi connectivity index (χ0) is 27.7. The molecule has 1 unspecified atom stereocenters. The maximum absolute atomic E-state index is 13.1. The molecule has 1 aliphatic rings. The van der Waals surface area contributed by atoms with Crippen molar-refractivity contribution >= 4 is 22.6 Å². The minimum absolute atomic E-state index is 0.0934. The monoisotopic (exact) mass is 564 g/mol. The van der Waals surface area contributed by atoms with Crippen LogP contribution in [0.25, 0.3) is 33.8 Å². The lowest BCUT2D eigenvalue weighted by molar-refractivity contribution is -0.187. The smallest absolute Gasteiger partial charge is 0.361 e. The van der Waals surface area contributed by atoms with E-state index in [4.69, 9.17) is 26.3 Å². The van der Waals surface area contributed by atoms with E-state index >= 15 is 0 Å². The van der Waals surface area contributed by atoms with Crippen molar-refractivity contribution in [1.82, 2.24) is 29.7 Å². The van der Waals surface area contributed by atoms with Crippen LogP contribution in [0.3, 0.4) is 0 Å². The first-order valence-corrected chi connectivity index (χ1v) is 13.3. The normalized spacial score (nSPS) is 19.0. The summed E-state index contributed by atoms with van der Waals surface area (Å²) in [5, 5.41) is 4.14. The number of nitrogens with zero attached hydrogens (tertiary/aromatic N) is 5. The zero-order valence-corrected chi connectivity index (χ0v) is 22.2. The van der Waals surface area contributed by atoms with Crippen molar-refractivity contribution in [1.29, 1.82) is 0 Å². The molecule has 1 N–H and O–H groups in total. The fraction of sp³-hybridized carbons (Fsp3) is 0.500. The van der Waals surface area contributed by atoms with Gasteiger partial charge in [-0.15, -0.1) is 0 Å². The van der Waals surface area contributed by atoms with Crippen molar-refractivity contribution in [2.45, 2.75) is 64.8 Å². The number of nitrogens with one attached hydrogen (secondary N) is 1. The van der Waals surface area contributed by atoms with Crippen LogP contribution in [0.15, 0.2) is 33.8 Å². The molecular weight excluding hydrogens is 537 g/mol. The Hall–Kier alpha value is -3.25. The van der Waals surface area contributed by atoms with E-state index in [0.717, 1.165) is 25.7 Å². The number of H-pyrrole nitrogens is 1. The Bertz CT molecular complexity index is 1510. The van der Waals surface area contributed by atoms with Crippen LogP contribution in [-0.4, -0.2) is 42.4 Å². The van der Waals surface area contributed by atoms with Gasteiger partial charge in [0.1, 0.15) is 24.2 Å². The molecule has 208 valence electrons. The molecule has 0 aliphatic heterocycles. The standard InChI is InChI=1S/C26H28ClF3N6O3/c1-3-20(38-13-26(28,29)30)24-33-18-9-19(23-34-25(37)39-35-23)32-21(16-8-17(27)11-31-10-16)22(18)36(24)12-15-6-4-14(2)5-7-15/h8-11,14-15,20H,3-7,12-13H2,1-2H3,(H,34,35,37)/t14-,15-,20?. The highest BCUT2D eigenvalue weighted by Crippen LogP contribution is 2.37. The maximum atomic E-state index is 13.1. The number of pyridine rings is 2. The number of aromatic amines is 1. The van der Waals surface area contributed by atoms with E-state index in [1.807, 2.05) is 4.57 Å². The van der Waals surface area contributed by atoms with Crippen molar-refractivity contribution in [2.75, 3.05) is 6.61 Å². The number of imidazole rings is 1. The first kappa shape index (κ1) is 27.3. The van der Waals surface area contributed by atoms with E-state index in [0.29, 0.717) is 51.5 Å². The number of rotatable bonds is 8. The Balaban J connectivity index is 1.72. The lowest BCUT2D eigenvalue weighted by atomic mass is 9.83. The van der Waals surface area contributed by atoms with Crippen LogP contribution in [0.4, 0.5) is 13.2 Å². The number of ether oxygens (including phenoxy) is 1. The van der Waals surface area contributed by atoms with Crippen molar-refractivity contribution in [3.8, 4) is 22.8 Å². The second-order valence-electron chi connectivity index (χ2n) is 10.1. The molecule has 9 nitrogen and oxygen atoms in total. The average molecular weight is 565 g/mol. The maximum Gasteiger partial charge on any atom is 0.439 e. The Kier molecular flexibility index (Phi) is 7.77. The van der Waals surface area contributed by atoms with Crippen LogP contribution in [0.1, 0.15) is 57.9 Å². The quantitative estimate of drug-likeness (QED) is 0.265. The molecule has 39 heavy (non-hydrogen) atoms. The van der Waals surface area contributed by atoms with Crippen molar-refractivity contribution in [2.24, 2.45) is 11.8 Å². The summed E-state index contributed by atoms with van der Waals surface area (Å²) in [6.45, 7) is 3.16. The predicted molar refractivity (Wildman–Crippen MR) is 138 cm³/mol. The van der Waals surface area contributed by atoms with Gasteiger partial charge in [-0.2, -0.15) is 13.2 Å². The topological polar surface area (TPSA) is 112 Å². The van der Waals surface area contributed by atoms with Crippen LogP contribution in [-0.2, 0) is 11.3 Å². The summed E-state index contributed by atoms with van der Waals surface area (Å²) >= 11 is 6.26. The largest absolute Gasteiger partial charge is 0.439 e. The van der Waals surface area contributed by atoms with Crippen molar-refractivity contribution in [3.63, 3.8) is 0 Å². The molecule has 1 aliphatic carbocycles. The minimum atomic E-state index is -4.48. The summed E-state index contributed by atoms with van der Waals surface area (Å²) in [6, 6.07) is 3.33. The number of hydrogen-bond acceptors (Lipinski definition) is 7. The number of halogens is 4. The average Bonchev–Trinajstić information content (AvgIpc) is 3.48. The predicted octanol–water partition coefficient (Wildman–Crippen LogP) is 6.35.